The Hall–Kier alpha value is -0.0000000000000000555. The highest BCUT2D eigenvalue weighted by atomic mass is 32.2. The Labute approximate surface area is 56.1 Å². The van der Waals surface area contributed by atoms with Gasteiger partial charge in [-0.05, 0) is 12.8 Å². The van der Waals surface area contributed by atoms with E-state index in [1.807, 2.05) is 0 Å². The van der Waals surface area contributed by atoms with Crippen LogP contribution in [0.4, 0.5) is 4.39 Å². The van der Waals surface area contributed by atoms with E-state index in [0.717, 1.165) is 0 Å². The Kier molecular flexibility index (Phi) is 6.12. The van der Waals surface area contributed by atoms with Crippen LogP contribution in [-0.2, 0) is 11.3 Å². The smallest absolute Gasteiger partial charge is 0.0894 e. The summed E-state index contributed by atoms with van der Waals surface area (Å²) in [6.07, 6.45) is 0.981. The van der Waals surface area contributed by atoms with Crippen molar-refractivity contribution in [2.24, 2.45) is 0 Å². The van der Waals surface area contributed by atoms with E-state index in [-0.39, 0.29) is 6.67 Å². The zero-order valence-corrected chi connectivity index (χ0v) is 5.75. The van der Waals surface area contributed by atoms with E-state index >= 15 is 0 Å². The predicted molar refractivity (Wildman–Crippen MR) is 32.1 cm³/mol. The molecular weight excluding hydrogens is 145 g/mol. The summed E-state index contributed by atoms with van der Waals surface area (Å²) >= 11 is -2.19. The third-order valence-corrected chi connectivity index (χ3v) is 1.22. The minimum absolute atomic E-state index is 0.333. The first-order valence-electron chi connectivity index (χ1n) is 2.66. The number of hydrogen-bond acceptors (Lipinski definition) is 2. The molecule has 9 heavy (non-hydrogen) atoms. The molecule has 0 aliphatic carbocycles. The molecular formula is C4H9FNO2S-. The molecule has 0 rings (SSSR count). The van der Waals surface area contributed by atoms with Gasteiger partial charge in [-0.1, -0.05) is 0 Å². The van der Waals surface area contributed by atoms with Crippen molar-refractivity contribution in [2.45, 2.75) is 12.8 Å². The van der Waals surface area contributed by atoms with E-state index in [2.05, 4.69) is 4.72 Å². The molecule has 0 bridgehead atoms. The lowest BCUT2D eigenvalue weighted by atomic mass is 10.3. The highest BCUT2D eigenvalue weighted by molar-refractivity contribution is 7.77. The third-order valence-electron chi connectivity index (χ3n) is 0.780. The number of halogens is 1. The maximum absolute atomic E-state index is 11.3. The lowest BCUT2D eigenvalue weighted by Crippen LogP contribution is -2.17. The van der Waals surface area contributed by atoms with E-state index in [1.165, 1.54) is 0 Å². The number of unbranched alkanes of at least 4 members (excludes halogenated alkanes) is 1. The number of rotatable bonds is 5. The average molecular weight is 154 g/mol. The fourth-order valence-corrected chi connectivity index (χ4v) is 0.686. The number of nitrogens with one attached hydrogen (secondary N) is 1. The highest BCUT2D eigenvalue weighted by Gasteiger charge is 1.85. The Morgan fingerprint density at radius 1 is 1.56 bits per heavy atom. The molecule has 0 spiro atoms. The topological polar surface area (TPSA) is 52.2 Å². The SMILES string of the molecule is O=S([O-])NCCCCF. The molecule has 0 aliphatic heterocycles. The van der Waals surface area contributed by atoms with Gasteiger partial charge < -0.3 is 4.55 Å². The molecule has 0 amide bonds. The summed E-state index contributed by atoms with van der Waals surface area (Å²) in [4.78, 5) is 0. The summed E-state index contributed by atoms with van der Waals surface area (Å²) in [5.74, 6) is 0. The number of hydrogen-bond donors (Lipinski definition) is 1. The Morgan fingerprint density at radius 2 is 2.22 bits per heavy atom. The minimum Gasteiger partial charge on any atom is -0.760 e. The van der Waals surface area contributed by atoms with Crippen LogP contribution >= 0.6 is 0 Å². The molecule has 0 fully saturated rings. The summed E-state index contributed by atoms with van der Waals surface area (Å²) in [5, 5.41) is 0. The highest BCUT2D eigenvalue weighted by Crippen LogP contribution is 1.86. The fraction of sp³-hybridized carbons (Fsp3) is 1.00. The van der Waals surface area contributed by atoms with E-state index in [0.29, 0.717) is 19.4 Å². The zero-order chi connectivity index (χ0) is 7.11. The minimum atomic E-state index is -2.19. The van der Waals surface area contributed by atoms with Crippen LogP contribution in [0.1, 0.15) is 12.8 Å². The summed E-state index contributed by atoms with van der Waals surface area (Å²) in [6.45, 7) is -0.0484. The molecule has 1 unspecified atom stereocenters. The van der Waals surface area contributed by atoms with Crippen molar-refractivity contribution < 1.29 is 13.2 Å². The van der Waals surface area contributed by atoms with Gasteiger partial charge in [0.05, 0.1) is 6.67 Å². The largest absolute Gasteiger partial charge is 0.760 e. The molecule has 56 valence electrons. The van der Waals surface area contributed by atoms with E-state index < -0.39 is 11.3 Å². The van der Waals surface area contributed by atoms with Crippen molar-refractivity contribution in [3.63, 3.8) is 0 Å². The van der Waals surface area contributed by atoms with Gasteiger partial charge in [-0.25, -0.2) is 4.72 Å². The Morgan fingerprint density at radius 3 is 2.67 bits per heavy atom. The maximum atomic E-state index is 11.3. The summed E-state index contributed by atoms with van der Waals surface area (Å²) in [5.41, 5.74) is 0. The first-order chi connectivity index (χ1) is 4.27. The van der Waals surface area contributed by atoms with Gasteiger partial charge in [-0.2, -0.15) is 0 Å². The summed E-state index contributed by atoms with van der Waals surface area (Å²) in [7, 11) is 0. The van der Waals surface area contributed by atoms with Gasteiger partial charge in [-0.3, -0.25) is 8.60 Å². The van der Waals surface area contributed by atoms with Crippen molar-refractivity contribution in [3.05, 3.63) is 0 Å². The summed E-state index contributed by atoms with van der Waals surface area (Å²) in [6, 6.07) is 0. The van der Waals surface area contributed by atoms with Crippen LogP contribution in [0.3, 0.4) is 0 Å². The molecule has 0 heterocycles. The van der Waals surface area contributed by atoms with Gasteiger partial charge in [0.2, 0.25) is 0 Å². The molecule has 0 radical (unpaired) electrons. The molecule has 1 N–H and O–H groups in total. The number of alkyl halides is 1. The maximum Gasteiger partial charge on any atom is 0.0894 e. The van der Waals surface area contributed by atoms with Gasteiger partial charge in [0.25, 0.3) is 0 Å². The van der Waals surface area contributed by atoms with Crippen molar-refractivity contribution in [1.82, 2.24) is 4.72 Å². The normalized spacial score (nSPS) is 13.6. The molecule has 0 aromatic carbocycles. The van der Waals surface area contributed by atoms with Crippen molar-refractivity contribution >= 4 is 11.3 Å². The molecule has 0 saturated carbocycles. The predicted octanol–water partition coefficient (Wildman–Crippen LogP) is 0.120. The van der Waals surface area contributed by atoms with Crippen LogP contribution < -0.4 is 4.72 Å². The zero-order valence-electron chi connectivity index (χ0n) is 4.93. The molecule has 0 aliphatic rings. The van der Waals surface area contributed by atoms with Crippen LogP contribution in [0.15, 0.2) is 0 Å². The molecule has 5 heteroatoms. The molecule has 0 aromatic heterocycles. The van der Waals surface area contributed by atoms with Crippen LogP contribution in [0.5, 0.6) is 0 Å². The lowest BCUT2D eigenvalue weighted by Gasteiger charge is -2.04. The van der Waals surface area contributed by atoms with E-state index in [1.54, 1.807) is 0 Å². The van der Waals surface area contributed by atoms with Gasteiger partial charge in [-0.15, -0.1) is 0 Å². The first kappa shape index (κ1) is 9.00. The van der Waals surface area contributed by atoms with Crippen LogP contribution in [0.25, 0.3) is 0 Å². The van der Waals surface area contributed by atoms with E-state index in [4.69, 9.17) is 0 Å². The second-order valence-electron chi connectivity index (χ2n) is 1.53. The summed E-state index contributed by atoms with van der Waals surface area (Å²) < 4.78 is 33.0. The Balaban J connectivity index is 2.83. The first-order valence-corrected chi connectivity index (χ1v) is 3.73. The average Bonchev–Trinajstić information content (AvgIpc) is 1.80. The molecule has 0 aromatic rings. The second kappa shape index (κ2) is 6.12. The van der Waals surface area contributed by atoms with Gasteiger partial charge in [0.15, 0.2) is 0 Å². The van der Waals surface area contributed by atoms with Gasteiger partial charge in [0, 0.05) is 17.8 Å². The molecule has 3 nitrogen and oxygen atoms in total. The van der Waals surface area contributed by atoms with Crippen molar-refractivity contribution in [1.29, 1.82) is 0 Å². The third kappa shape index (κ3) is 8.00. The quantitative estimate of drug-likeness (QED) is 0.451. The van der Waals surface area contributed by atoms with Crippen LogP contribution in [0.2, 0.25) is 0 Å². The molecule has 0 saturated heterocycles. The standard InChI is InChI=1S/C4H10FNO2S/c5-3-1-2-4-6-9(7)8/h6H,1-4H2,(H,7,8)/p-1. The Bertz CT molecular complexity index is 90.6. The lowest BCUT2D eigenvalue weighted by molar-refractivity contribution is 0.458. The van der Waals surface area contributed by atoms with E-state index in [9.17, 15) is 13.2 Å². The van der Waals surface area contributed by atoms with Crippen molar-refractivity contribution in [3.8, 4) is 0 Å². The second-order valence-corrected chi connectivity index (χ2v) is 2.28. The molecule has 1 atom stereocenters. The van der Waals surface area contributed by atoms with Gasteiger partial charge in [0.1, 0.15) is 0 Å². The fourth-order valence-electron chi connectivity index (χ4n) is 0.375. The monoisotopic (exact) mass is 154 g/mol. The van der Waals surface area contributed by atoms with Gasteiger partial charge >= 0.3 is 0 Å². The van der Waals surface area contributed by atoms with Crippen LogP contribution in [-0.4, -0.2) is 22.0 Å². The van der Waals surface area contributed by atoms with Crippen LogP contribution in [0, 0.1) is 0 Å². The van der Waals surface area contributed by atoms with Crippen molar-refractivity contribution in [2.75, 3.05) is 13.2 Å².